The van der Waals surface area contributed by atoms with Gasteiger partial charge in [-0.1, -0.05) is 43.2 Å². The van der Waals surface area contributed by atoms with Gasteiger partial charge in [-0.15, -0.1) is 0 Å². The largest absolute Gasteiger partial charge is 0.508 e. The van der Waals surface area contributed by atoms with E-state index in [9.17, 15) is 15.1 Å². The van der Waals surface area contributed by atoms with Gasteiger partial charge in [0.05, 0.1) is 11.0 Å². The predicted octanol–water partition coefficient (Wildman–Crippen LogP) is 3.90. The Morgan fingerprint density at radius 3 is 2.61 bits per heavy atom. The second kappa shape index (κ2) is 8.67. The number of nitrogens with one attached hydrogen (secondary N) is 1. The number of phenolic OH excluding ortho intramolecular Hbond substituents is 1. The van der Waals surface area contributed by atoms with Crippen LogP contribution in [-0.4, -0.2) is 53.9 Å². The number of hydrogen-bond acceptors (Lipinski definition) is 6. The molecule has 1 aliphatic heterocycles. The maximum atomic E-state index is 12.7. The highest BCUT2D eigenvalue weighted by Crippen LogP contribution is 2.42. The number of thioether (sulfide) groups is 1. The lowest BCUT2D eigenvalue weighted by molar-refractivity contribution is -0.119. The lowest BCUT2D eigenvalue weighted by atomic mass is 9.96. The molecule has 0 aromatic heterocycles. The van der Waals surface area contributed by atoms with Crippen molar-refractivity contribution >= 4 is 40.5 Å². The van der Waals surface area contributed by atoms with Crippen molar-refractivity contribution in [2.75, 3.05) is 0 Å². The minimum absolute atomic E-state index is 0.0916. The van der Waals surface area contributed by atoms with E-state index in [4.69, 9.17) is 12.2 Å². The van der Waals surface area contributed by atoms with E-state index < -0.39 is 16.9 Å². The average molecular weight is 423 g/mol. The smallest absolute Gasteiger partial charge is 0.343 e. The van der Waals surface area contributed by atoms with Crippen LogP contribution in [0.3, 0.4) is 0 Å². The molecule has 1 saturated carbocycles. The molecule has 1 aliphatic carbocycles. The van der Waals surface area contributed by atoms with Crippen molar-refractivity contribution in [1.82, 2.24) is 15.4 Å². The minimum Gasteiger partial charge on any atom is -0.508 e. The third-order valence-corrected chi connectivity index (χ3v) is 6.52. The molecular formula is C19H26N4O3S2. The van der Waals surface area contributed by atoms with Gasteiger partial charge in [0, 0.05) is 6.04 Å². The number of carbonyl (C=O) groups is 1. The molecule has 1 atom stereocenters. The Labute approximate surface area is 174 Å². The van der Waals surface area contributed by atoms with Crippen LogP contribution >= 0.6 is 24.0 Å². The fraction of sp³-hybridized carbons (Fsp3) is 0.526. The highest BCUT2D eigenvalue weighted by molar-refractivity contribution is 8.24. The van der Waals surface area contributed by atoms with Crippen LogP contribution in [0.5, 0.6) is 5.75 Å². The van der Waals surface area contributed by atoms with Gasteiger partial charge in [-0.3, -0.25) is 5.21 Å². The van der Waals surface area contributed by atoms with Gasteiger partial charge in [-0.25, -0.2) is 9.80 Å². The molecule has 1 saturated heterocycles. The van der Waals surface area contributed by atoms with E-state index in [0.717, 1.165) is 36.3 Å². The first kappa shape index (κ1) is 20.9. The van der Waals surface area contributed by atoms with Crippen molar-refractivity contribution in [3.63, 3.8) is 0 Å². The summed E-state index contributed by atoms with van der Waals surface area (Å²) in [7, 11) is 0. The van der Waals surface area contributed by atoms with Crippen LogP contribution in [0.1, 0.15) is 51.5 Å². The molecule has 2 aliphatic rings. The van der Waals surface area contributed by atoms with Gasteiger partial charge < -0.3 is 10.4 Å². The monoisotopic (exact) mass is 422 g/mol. The maximum absolute atomic E-state index is 12.7. The topological polar surface area (TPSA) is 88.4 Å². The van der Waals surface area contributed by atoms with Crippen molar-refractivity contribution in [2.24, 2.45) is 5.10 Å². The van der Waals surface area contributed by atoms with Crippen LogP contribution in [0.4, 0.5) is 4.79 Å². The normalized spacial score (nSPS) is 22.6. The zero-order valence-electron chi connectivity index (χ0n) is 16.0. The van der Waals surface area contributed by atoms with E-state index in [1.807, 2.05) is 13.8 Å². The van der Waals surface area contributed by atoms with Gasteiger partial charge in [0.2, 0.25) is 0 Å². The van der Waals surface area contributed by atoms with Gasteiger partial charge >= 0.3 is 6.03 Å². The molecule has 2 fully saturated rings. The number of amides is 2. The zero-order valence-corrected chi connectivity index (χ0v) is 17.7. The van der Waals surface area contributed by atoms with Gasteiger partial charge in [0.15, 0.2) is 10.5 Å². The van der Waals surface area contributed by atoms with Crippen LogP contribution in [0.25, 0.3) is 0 Å². The Hall–Kier alpha value is -1.84. The highest BCUT2D eigenvalue weighted by Gasteiger charge is 2.50. The summed E-state index contributed by atoms with van der Waals surface area (Å²) in [5.41, 5.74) is 0.769. The lowest BCUT2D eigenvalue weighted by Gasteiger charge is -2.35. The number of urea groups is 1. The van der Waals surface area contributed by atoms with E-state index in [1.54, 1.807) is 30.5 Å². The lowest BCUT2D eigenvalue weighted by Crippen LogP contribution is -2.57. The highest BCUT2D eigenvalue weighted by atomic mass is 32.2. The molecular weight excluding hydrogens is 396 g/mol. The molecule has 152 valence electrons. The van der Waals surface area contributed by atoms with E-state index in [0.29, 0.717) is 4.32 Å². The second-order valence-corrected chi connectivity index (χ2v) is 9.94. The molecule has 3 N–H and O–H groups in total. The van der Waals surface area contributed by atoms with Crippen molar-refractivity contribution < 1.29 is 15.1 Å². The summed E-state index contributed by atoms with van der Waals surface area (Å²) in [5.74, 6) is 0.171. The number of benzene rings is 1. The van der Waals surface area contributed by atoms with E-state index >= 15 is 0 Å². The summed E-state index contributed by atoms with van der Waals surface area (Å²) in [4.78, 5) is 12.7. The number of aromatic hydroxyl groups is 1. The van der Waals surface area contributed by atoms with Crippen molar-refractivity contribution in [1.29, 1.82) is 0 Å². The standard InChI is InChI=1S/C19H26N4O3S2/c1-19(2)16(23(26)17(25)21-14-6-4-3-5-7-14)22(18(27)28-19)20-12-13-8-10-15(24)11-9-13/h8-12,14,16,24,26H,3-7H2,1-2H3,(H,21,25)/b20-12+/t16-/m0/s1. The molecule has 1 aromatic carbocycles. The minimum atomic E-state index is -0.734. The SMILES string of the molecule is CC1(C)SC(=S)N(/N=C/c2ccc(O)cc2)[C@H]1N(O)C(=O)NC1CCCCC1. The number of thiocarbonyl (C=S) groups is 1. The molecule has 3 rings (SSSR count). The van der Waals surface area contributed by atoms with Crippen LogP contribution < -0.4 is 5.32 Å². The molecule has 9 heteroatoms. The Kier molecular flexibility index (Phi) is 6.47. The molecule has 1 heterocycles. The summed E-state index contributed by atoms with van der Waals surface area (Å²) < 4.78 is -0.0586. The number of hydroxylamine groups is 2. The van der Waals surface area contributed by atoms with E-state index in [-0.39, 0.29) is 11.8 Å². The zero-order chi connectivity index (χ0) is 20.3. The summed E-state index contributed by atoms with van der Waals surface area (Å²) in [6.07, 6.45) is 6.10. The average Bonchev–Trinajstić information content (AvgIpc) is 2.89. The molecule has 0 spiro atoms. The van der Waals surface area contributed by atoms with E-state index in [2.05, 4.69) is 10.4 Å². The molecule has 0 radical (unpaired) electrons. The van der Waals surface area contributed by atoms with Gasteiger partial charge in [0.25, 0.3) is 0 Å². The van der Waals surface area contributed by atoms with Gasteiger partial charge in [0.1, 0.15) is 5.75 Å². The predicted molar refractivity (Wildman–Crippen MR) is 115 cm³/mol. The maximum Gasteiger partial charge on any atom is 0.343 e. The third-order valence-electron chi connectivity index (χ3n) is 4.99. The second-order valence-electron chi connectivity index (χ2n) is 7.65. The molecule has 2 amide bonds. The Morgan fingerprint density at radius 2 is 1.96 bits per heavy atom. The fourth-order valence-electron chi connectivity index (χ4n) is 3.52. The van der Waals surface area contributed by atoms with Crippen LogP contribution in [0, 0.1) is 0 Å². The number of rotatable bonds is 4. The van der Waals surface area contributed by atoms with Gasteiger partial charge in [-0.2, -0.15) is 10.2 Å². The Balaban J connectivity index is 1.75. The molecule has 0 unspecified atom stereocenters. The number of hydrazone groups is 1. The Morgan fingerprint density at radius 1 is 1.32 bits per heavy atom. The number of carbonyl (C=O) groups excluding carboxylic acids is 1. The van der Waals surface area contributed by atoms with Crippen LogP contribution in [-0.2, 0) is 0 Å². The summed E-state index contributed by atoms with van der Waals surface area (Å²) in [6, 6.07) is 6.13. The fourth-order valence-corrected chi connectivity index (χ4v) is 5.30. The summed E-state index contributed by atoms with van der Waals surface area (Å²) >= 11 is 6.83. The number of hydrogen-bond donors (Lipinski definition) is 3. The van der Waals surface area contributed by atoms with E-state index in [1.165, 1.54) is 23.2 Å². The first-order valence-electron chi connectivity index (χ1n) is 9.42. The number of phenols is 1. The number of nitrogens with zero attached hydrogens (tertiary/aromatic N) is 3. The molecule has 1 aromatic rings. The first-order chi connectivity index (χ1) is 13.3. The quantitative estimate of drug-likeness (QED) is 0.295. The van der Waals surface area contributed by atoms with Crippen LogP contribution in [0.2, 0.25) is 0 Å². The summed E-state index contributed by atoms with van der Waals surface area (Å²) in [6.45, 7) is 3.84. The van der Waals surface area contributed by atoms with Crippen LogP contribution in [0.15, 0.2) is 29.4 Å². The molecule has 7 nitrogen and oxygen atoms in total. The first-order valence-corrected chi connectivity index (χ1v) is 10.6. The summed E-state index contributed by atoms with van der Waals surface area (Å²) in [5, 5.41) is 29.7. The van der Waals surface area contributed by atoms with Crippen molar-refractivity contribution in [3.05, 3.63) is 29.8 Å². The van der Waals surface area contributed by atoms with Crippen molar-refractivity contribution in [3.8, 4) is 5.75 Å². The van der Waals surface area contributed by atoms with Crippen molar-refractivity contribution in [2.45, 2.75) is 62.9 Å². The molecule has 0 bridgehead atoms. The van der Waals surface area contributed by atoms with Gasteiger partial charge in [-0.05, 0) is 56.5 Å². The molecule has 28 heavy (non-hydrogen) atoms. The Bertz CT molecular complexity index is 748. The third kappa shape index (κ3) is 4.76.